The average Bonchev–Trinajstić information content (AvgIpc) is 2.65. The molecule has 0 aliphatic heterocycles. The molecule has 0 fully saturated rings. The summed E-state index contributed by atoms with van der Waals surface area (Å²) >= 11 is 0. The average molecular weight is 268 g/mol. The van der Waals surface area contributed by atoms with Gasteiger partial charge in [0.1, 0.15) is 5.82 Å². The minimum Gasteiger partial charge on any atom is -0.478 e. The zero-order chi connectivity index (χ0) is 10.8. The number of nitrogens with zero attached hydrogens (tertiary/aromatic N) is 2. The Morgan fingerprint density at radius 3 is 2.38 bits per heavy atom. The van der Waals surface area contributed by atoms with Gasteiger partial charge in [0.05, 0.1) is 5.56 Å². The normalized spacial score (nSPS) is 9.56. The van der Waals surface area contributed by atoms with Crippen molar-refractivity contribution in [3.63, 3.8) is 0 Å². The van der Waals surface area contributed by atoms with E-state index in [1.54, 1.807) is 30.5 Å². The molecule has 78 valence electrons. The van der Waals surface area contributed by atoms with Crippen LogP contribution in [-0.2, 0) is 19.5 Å². The van der Waals surface area contributed by atoms with Gasteiger partial charge in [0.25, 0.3) is 0 Å². The Balaban J connectivity index is 0.00000128. The number of benzene rings is 1. The van der Waals surface area contributed by atoms with Crippen molar-refractivity contribution < 1.29 is 29.4 Å². The Bertz CT molecular complexity index is 491. The van der Waals surface area contributed by atoms with Gasteiger partial charge in [-0.15, -0.1) is 0 Å². The van der Waals surface area contributed by atoms with E-state index in [2.05, 4.69) is 4.98 Å². The summed E-state index contributed by atoms with van der Waals surface area (Å²) in [7, 11) is 0. The quantitative estimate of drug-likeness (QED) is 0.845. The van der Waals surface area contributed by atoms with Gasteiger partial charge in [-0.3, -0.25) is 0 Å². The molecule has 0 bridgehead atoms. The summed E-state index contributed by atoms with van der Waals surface area (Å²) in [6, 6.07) is 6.68. The maximum atomic E-state index is 10.6. The van der Waals surface area contributed by atoms with Crippen LogP contribution in [0.1, 0.15) is 16.2 Å². The number of imidazole rings is 1. The second-order valence-corrected chi connectivity index (χ2v) is 3.20. The molecule has 1 N–H and O–H groups in total. The van der Waals surface area contributed by atoms with Crippen molar-refractivity contribution in [1.29, 1.82) is 0 Å². The second kappa shape index (κ2) is 5.04. The first kappa shape index (κ1) is 12.6. The van der Waals surface area contributed by atoms with E-state index in [0.29, 0.717) is 0 Å². The molecule has 1 aromatic heterocycles. The van der Waals surface area contributed by atoms with E-state index in [4.69, 9.17) is 5.11 Å². The smallest absolute Gasteiger partial charge is 0.335 e. The van der Waals surface area contributed by atoms with Crippen LogP contribution < -0.4 is 0 Å². The summed E-state index contributed by atoms with van der Waals surface area (Å²) in [6.07, 6.45) is 3.55. The Kier molecular flexibility index (Phi) is 3.96. The predicted molar refractivity (Wildman–Crippen MR) is 55.3 cm³/mol. The van der Waals surface area contributed by atoms with Gasteiger partial charge in [0.2, 0.25) is 0 Å². The number of hydrogen-bond donors (Lipinski definition) is 1. The fraction of sp³-hybridized carbons (Fsp3) is 0.0909. The van der Waals surface area contributed by atoms with E-state index in [-0.39, 0.29) is 25.0 Å². The summed E-state index contributed by atoms with van der Waals surface area (Å²) in [4.78, 5) is 14.7. The molecule has 2 aromatic rings. The van der Waals surface area contributed by atoms with Crippen molar-refractivity contribution in [3.05, 3.63) is 48.0 Å². The molecule has 0 saturated carbocycles. The van der Waals surface area contributed by atoms with Crippen LogP contribution in [0.2, 0.25) is 0 Å². The Labute approximate surface area is 106 Å². The van der Waals surface area contributed by atoms with Crippen molar-refractivity contribution in [3.8, 4) is 5.69 Å². The largest absolute Gasteiger partial charge is 0.478 e. The molecular formula is C11H10N2O2Zn. The summed E-state index contributed by atoms with van der Waals surface area (Å²) in [5.41, 5.74) is 1.20. The van der Waals surface area contributed by atoms with Gasteiger partial charge in [-0.25, -0.2) is 9.78 Å². The topological polar surface area (TPSA) is 55.1 Å². The van der Waals surface area contributed by atoms with Gasteiger partial charge in [0, 0.05) is 37.6 Å². The third-order valence-corrected chi connectivity index (χ3v) is 2.22. The first-order valence-electron chi connectivity index (χ1n) is 4.52. The van der Waals surface area contributed by atoms with Crippen LogP contribution in [-0.4, -0.2) is 20.6 Å². The van der Waals surface area contributed by atoms with Gasteiger partial charge in [0.15, 0.2) is 0 Å². The molecule has 1 aromatic carbocycles. The van der Waals surface area contributed by atoms with Crippen LogP contribution in [0.25, 0.3) is 5.69 Å². The number of carboxylic acid groups (broad SMARTS) is 1. The number of aryl methyl sites for hydroxylation is 1. The minimum atomic E-state index is -0.913. The monoisotopic (exact) mass is 266 g/mol. The number of carbonyl (C=O) groups is 1. The molecular weight excluding hydrogens is 258 g/mol. The van der Waals surface area contributed by atoms with Crippen molar-refractivity contribution >= 4 is 5.97 Å². The molecule has 0 aliphatic rings. The van der Waals surface area contributed by atoms with E-state index in [1.165, 1.54) is 0 Å². The van der Waals surface area contributed by atoms with Crippen LogP contribution >= 0.6 is 0 Å². The molecule has 5 heteroatoms. The number of aromatic carboxylic acids is 1. The van der Waals surface area contributed by atoms with Gasteiger partial charge >= 0.3 is 5.97 Å². The Hall–Kier alpha value is -1.48. The van der Waals surface area contributed by atoms with Gasteiger partial charge in [-0.2, -0.15) is 0 Å². The predicted octanol–water partition coefficient (Wildman–Crippen LogP) is 1.88. The number of carboxylic acids is 1. The van der Waals surface area contributed by atoms with E-state index in [0.717, 1.165) is 11.5 Å². The van der Waals surface area contributed by atoms with Crippen molar-refractivity contribution in [2.24, 2.45) is 0 Å². The first-order valence-corrected chi connectivity index (χ1v) is 4.52. The third-order valence-electron chi connectivity index (χ3n) is 2.22. The zero-order valence-corrected chi connectivity index (χ0v) is 11.9. The maximum Gasteiger partial charge on any atom is 0.335 e. The number of hydrogen-bond acceptors (Lipinski definition) is 2. The zero-order valence-electron chi connectivity index (χ0n) is 8.92. The summed E-state index contributed by atoms with van der Waals surface area (Å²) in [5, 5.41) is 8.74. The molecule has 0 amide bonds. The fourth-order valence-electron chi connectivity index (χ4n) is 1.42. The molecule has 0 unspecified atom stereocenters. The molecule has 16 heavy (non-hydrogen) atoms. The van der Waals surface area contributed by atoms with Gasteiger partial charge < -0.3 is 9.67 Å². The van der Waals surface area contributed by atoms with E-state index in [1.807, 2.05) is 17.7 Å². The Morgan fingerprint density at radius 1 is 1.31 bits per heavy atom. The van der Waals surface area contributed by atoms with Crippen LogP contribution in [0.3, 0.4) is 0 Å². The standard InChI is InChI=1S/C11H10N2O2.Zn/c1-8-12-6-7-13(8)10-4-2-9(3-5-10)11(14)15;/h2-7H,1H3,(H,14,15);. The van der Waals surface area contributed by atoms with Gasteiger partial charge in [-0.1, -0.05) is 0 Å². The number of aromatic nitrogens is 2. The SMILES string of the molecule is Cc1nccn1-c1ccc(C(=O)O)cc1.[Zn]. The molecule has 2 rings (SSSR count). The molecule has 0 saturated heterocycles. The molecule has 0 radical (unpaired) electrons. The molecule has 4 nitrogen and oxygen atoms in total. The number of rotatable bonds is 2. The van der Waals surface area contributed by atoms with E-state index in [9.17, 15) is 4.79 Å². The van der Waals surface area contributed by atoms with Crippen molar-refractivity contribution in [1.82, 2.24) is 9.55 Å². The van der Waals surface area contributed by atoms with Crippen molar-refractivity contribution in [2.45, 2.75) is 6.92 Å². The van der Waals surface area contributed by atoms with Gasteiger partial charge in [-0.05, 0) is 31.2 Å². The third kappa shape index (κ3) is 2.36. The summed E-state index contributed by atoms with van der Waals surface area (Å²) in [6.45, 7) is 1.89. The summed E-state index contributed by atoms with van der Waals surface area (Å²) < 4.78 is 1.89. The summed E-state index contributed by atoms with van der Waals surface area (Å²) in [5.74, 6) is -0.0398. The van der Waals surface area contributed by atoms with Crippen LogP contribution in [0.5, 0.6) is 0 Å². The van der Waals surface area contributed by atoms with Crippen LogP contribution in [0, 0.1) is 6.92 Å². The molecule has 0 spiro atoms. The van der Waals surface area contributed by atoms with E-state index >= 15 is 0 Å². The fourth-order valence-corrected chi connectivity index (χ4v) is 1.42. The Morgan fingerprint density at radius 2 is 1.94 bits per heavy atom. The maximum absolute atomic E-state index is 10.6. The molecule has 0 atom stereocenters. The first-order chi connectivity index (χ1) is 7.18. The van der Waals surface area contributed by atoms with Crippen LogP contribution in [0.4, 0.5) is 0 Å². The minimum absolute atomic E-state index is 0. The van der Waals surface area contributed by atoms with Crippen LogP contribution in [0.15, 0.2) is 36.7 Å². The second-order valence-electron chi connectivity index (χ2n) is 3.20. The molecule has 1 heterocycles. The molecule has 0 aliphatic carbocycles. The van der Waals surface area contributed by atoms with Crippen molar-refractivity contribution in [2.75, 3.05) is 0 Å². The van der Waals surface area contributed by atoms with E-state index < -0.39 is 5.97 Å².